The summed E-state index contributed by atoms with van der Waals surface area (Å²) in [6, 6.07) is 20.0. The van der Waals surface area contributed by atoms with Gasteiger partial charge in [-0.2, -0.15) is 0 Å². The van der Waals surface area contributed by atoms with E-state index < -0.39 is 35.5 Å². The number of hydrogen-bond donors (Lipinski definition) is 2. The topological polar surface area (TPSA) is 121 Å². The fraction of sp³-hybridized carbons (Fsp3) is 0.450. The first-order valence-electron chi connectivity index (χ1n) is 17.8. The van der Waals surface area contributed by atoms with Gasteiger partial charge in [0.05, 0.1) is 0 Å². The molecule has 0 aliphatic carbocycles. The summed E-state index contributed by atoms with van der Waals surface area (Å²) in [6.45, 7) is 12.5. The molecule has 12 heteroatoms. The fourth-order valence-corrected chi connectivity index (χ4v) is 6.43. The van der Waals surface area contributed by atoms with Crippen molar-refractivity contribution in [2.24, 2.45) is 0 Å². The van der Waals surface area contributed by atoms with Crippen LogP contribution in [0.1, 0.15) is 78.4 Å². The van der Waals surface area contributed by atoms with Gasteiger partial charge >= 0.3 is 12.2 Å². The Morgan fingerprint density at radius 1 is 0.692 bits per heavy atom. The smallest absolute Gasteiger partial charge is 0.410 e. The normalized spacial score (nSPS) is 17.4. The number of halogens is 1. The van der Waals surface area contributed by atoms with Crippen LogP contribution in [-0.2, 0) is 32.2 Å². The zero-order valence-electron chi connectivity index (χ0n) is 30.9. The molecule has 2 heterocycles. The van der Waals surface area contributed by atoms with E-state index in [2.05, 4.69) is 15.5 Å². The molecule has 2 atom stereocenters. The molecule has 5 rings (SSSR count). The van der Waals surface area contributed by atoms with Gasteiger partial charge < -0.3 is 25.0 Å². The van der Waals surface area contributed by atoms with Crippen molar-refractivity contribution in [1.29, 1.82) is 0 Å². The van der Waals surface area contributed by atoms with Gasteiger partial charge in [-0.1, -0.05) is 24.3 Å². The molecule has 11 nitrogen and oxygen atoms in total. The van der Waals surface area contributed by atoms with Crippen molar-refractivity contribution in [3.63, 3.8) is 0 Å². The molecular formula is C40H50FN5O6. The molecule has 2 saturated heterocycles. The minimum absolute atomic E-state index is 0.276. The molecule has 0 spiro atoms. The quantitative estimate of drug-likeness (QED) is 0.233. The first-order valence-corrected chi connectivity index (χ1v) is 17.8. The van der Waals surface area contributed by atoms with Crippen molar-refractivity contribution in [2.45, 2.75) is 104 Å². The highest BCUT2D eigenvalue weighted by atomic mass is 19.1. The third-order valence-electron chi connectivity index (χ3n) is 8.69. The average Bonchev–Trinajstić information content (AvgIpc) is 3.75. The molecule has 2 aliphatic heterocycles. The Balaban J connectivity index is 1.28. The van der Waals surface area contributed by atoms with Crippen LogP contribution < -0.4 is 15.5 Å². The minimum atomic E-state index is -0.665. The maximum Gasteiger partial charge on any atom is 0.410 e. The maximum atomic E-state index is 14.0. The first-order chi connectivity index (χ1) is 24.5. The second-order valence-electron chi connectivity index (χ2n) is 15.4. The van der Waals surface area contributed by atoms with Crippen LogP contribution in [0.3, 0.4) is 0 Å². The number of rotatable bonds is 9. The predicted molar refractivity (Wildman–Crippen MR) is 198 cm³/mol. The molecule has 0 saturated carbocycles. The summed E-state index contributed by atoms with van der Waals surface area (Å²) < 4.78 is 25.0. The van der Waals surface area contributed by atoms with Gasteiger partial charge in [0.15, 0.2) is 0 Å². The van der Waals surface area contributed by atoms with Crippen molar-refractivity contribution >= 4 is 41.1 Å². The Bertz CT molecular complexity index is 1650. The summed E-state index contributed by atoms with van der Waals surface area (Å²) in [4.78, 5) is 57.3. The number of carbonyl (C=O) groups is 4. The molecule has 2 fully saturated rings. The summed E-state index contributed by atoms with van der Waals surface area (Å²) in [7, 11) is 0. The molecule has 278 valence electrons. The minimum Gasteiger partial charge on any atom is -0.444 e. The van der Waals surface area contributed by atoms with Gasteiger partial charge in [-0.15, -0.1) is 0 Å². The highest BCUT2D eigenvalue weighted by molar-refractivity contribution is 5.97. The maximum absolute atomic E-state index is 14.0. The van der Waals surface area contributed by atoms with E-state index >= 15 is 0 Å². The van der Waals surface area contributed by atoms with Crippen LogP contribution in [0.15, 0.2) is 72.8 Å². The van der Waals surface area contributed by atoms with E-state index in [4.69, 9.17) is 9.47 Å². The highest BCUT2D eigenvalue weighted by Gasteiger charge is 2.38. The number of carbonyl (C=O) groups excluding carboxylic acids is 4. The number of nitrogens with one attached hydrogen (secondary N) is 2. The largest absolute Gasteiger partial charge is 0.444 e. The zero-order valence-corrected chi connectivity index (χ0v) is 30.9. The van der Waals surface area contributed by atoms with E-state index in [0.29, 0.717) is 63.2 Å². The van der Waals surface area contributed by atoms with Gasteiger partial charge in [0.1, 0.15) is 29.1 Å². The van der Waals surface area contributed by atoms with Gasteiger partial charge in [-0.25, -0.2) is 14.0 Å². The summed E-state index contributed by atoms with van der Waals surface area (Å²) >= 11 is 0. The third-order valence-corrected chi connectivity index (χ3v) is 8.69. The first kappa shape index (κ1) is 38.1. The van der Waals surface area contributed by atoms with Gasteiger partial charge in [-0.3, -0.25) is 19.4 Å². The standard InChI is InChI=1S/C40H50FN5O6/c1-39(2,3)51-37(49)45-21-9-15-33(45)35(47)42-30-13-7-11-27(23-30)25-44(32-19-17-29(41)18-20-32)26-28-12-8-14-31(24-28)43-36(48)34-16-10-22-46(34)38(50)52-40(4,5)6/h7-8,11-14,17-20,23-24,33-34H,9-10,15-16,21-22,25-26H2,1-6H3,(H,42,47)(H,43,48)/t33-,34-/m0/s1. The van der Waals surface area contributed by atoms with Gasteiger partial charge in [0.2, 0.25) is 11.8 Å². The van der Waals surface area contributed by atoms with Crippen molar-refractivity contribution in [3.8, 4) is 0 Å². The van der Waals surface area contributed by atoms with E-state index in [-0.39, 0.29) is 17.6 Å². The highest BCUT2D eigenvalue weighted by Crippen LogP contribution is 2.27. The lowest BCUT2D eigenvalue weighted by Gasteiger charge is -2.28. The Morgan fingerprint density at radius 2 is 1.12 bits per heavy atom. The second kappa shape index (κ2) is 16.0. The average molecular weight is 716 g/mol. The Kier molecular flexibility index (Phi) is 11.8. The van der Waals surface area contributed by atoms with Crippen molar-refractivity contribution < 1.29 is 33.0 Å². The molecular weight excluding hydrogens is 665 g/mol. The molecule has 0 aromatic heterocycles. The number of nitrogens with zero attached hydrogens (tertiary/aromatic N) is 3. The second-order valence-corrected chi connectivity index (χ2v) is 15.4. The van der Waals surface area contributed by atoms with E-state index in [9.17, 15) is 23.6 Å². The monoisotopic (exact) mass is 715 g/mol. The lowest BCUT2D eigenvalue weighted by Crippen LogP contribution is -2.45. The van der Waals surface area contributed by atoms with Crippen LogP contribution >= 0.6 is 0 Å². The number of hydrogen-bond acceptors (Lipinski definition) is 7. The van der Waals surface area contributed by atoms with E-state index in [0.717, 1.165) is 16.8 Å². The molecule has 0 bridgehead atoms. The molecule has 4 amide bonds. The lowest BCUT2D eigenvalue weighted by molar-refractivity contribution is -0.121. The van der Waals surface area contributed by atoms with Crippen molar-refractivity contribution in [3.05, 3.63) is 89.7 Å². The molecule has 0 unspecified atom stereocenters. The van der Waals surface area contributed by atoms with Gasteiger partial charge in [-0.05, 0) is 127 Å². The van der Waals surface area contributed by atoms with Crippen molar-refractivity contribution in [1.82, 2.24) is 9.80 Å². The van der Waals surface area contributed by atoms with E-state index in [1.807, 2.05) is 36.4 Å². The summed E-state index contributed by atoms with van der Waals surface area (Å²) in [6.07, 6.45) is 1.51. The van der Waals surface area contributed by atoms with Crippen molar-refractivity contribution in [2.75, 3.05) is 28.6 Å². The lowest BCUT2D eigenvalue weighted by atomic mass is 10.1. The van der Waals surface area contributed by atoms with Crippen LogP contribution in [0.2, 0.25) is 0 Å². The molecule has 2 aliphatic rings. The van der Waals surface area contributed by atoms with Gasteiger partial charge in [0.25, 0.3) is 0 Å². The zero-order chi connectivity index (χ0) is 37.6. The van der Waals surface area contributed by atoms with Crippen LogP contribution in [0.4, 0.5) is 31.0 Å². The summed E-state index contributed by atoms with van der Waals surface area (Å²) in [5, 5.41) is 5.97. The van der Waals surface area contributed by atoms with Crippen LogP contribution in [-0.4, -0.2) is 70.2 Å². The molecule has 0 radical (unpaired) electrons. The molecule has 3 aromatic rings. The molecule has 52 heavy (non-hydrogen) atoms. The van der Waals surface area contributed by atoms with Crippen LogP contribution in [0, 0.1) is 5.82 Å². The number of likely N-dealkylation sites (tertiary alicyclic amines) is 2. The number of anilines is 3. The Hall–Kier alpha value is -5.13. The predicted octanol–water partition coefficient (Wildman–Crippen LogP) is 7.71. The molecule has 3 aromatic carbocycles. The van der Waals surface area contributed by atoms with E-state index in [1.165, 1.54) is 21.9 Å². The van der Waals surface area contributed by atoms with Crippen LogP contribution in [0.5, 0.6) is 0 Å². The fourth-order valence-electron chi connectivity index (χ4n) is 6.43. The number of amides is 4. The SMILES string of the molecule is CC(C)(C)OC(=O)N1CCC[C@H]1C(=O)Nc1cccc(CN(Cc2cccc(NC(=O)[C@@H]3CCCN3C(=O)OC(C)(C)C)c2)c2ccc(F)cc2)c1. The Morgan fingerprint density at radius 3 is 1.52 bits per heavy atom. The molecule has 2 N–H and O–H groups in total. The summed E-state index contributed by atoms with van der Waals surface area (Å²) in [5.41, 5.74) is 2.42. The number of benzene rings is 3. The number of ether oxygens (including phenoxy) is 2. The van der Waals surface area contributed by atoms with Crippen LogP contribution in [0.25, 0.3) is 0 Å². The Labute approximate surface area is 305 Å². The van der Waals surface area contributed by atoms with E-state index in [1.54, 1.807) is 65.8 Å². The third kappa shape index (κ3) is 10.5. The van der Waals surface area contributed by atoms with Gasteiger partial charge in [0, 0.05) is 43.2 Å². The summed E-state index contributed by atoms with van der Waals surface area (Å²) in [5.74, 6) is -0.902.